The maximum atomic E-state index is 12.1. The number of amides is 2. The van der Waals surface area contributed by atoms with Crippen LogP contribution in [0, 0.1) is 0 Å². The number of para-hydroxylation sites is 1. The SMILES string of the molecule is Cl.O=C(Nc1ccc(CO)cc1)Nc1ccnc2ccccc12. The van der Waals surface area contributed by atoms with E-state index in [1.165, 1.54) is 0 Å². The lowest BCUT2D eigenvalue weighted by atomic mass is 10.2. The molecule has 3 aromatic rings. The minimum absolute atomic E-state index is 0. The van der Waals surface area contributed by atoms with E-state index in [-0.39, 0.29) is 25.0 Å². The molecule has 0 fully saturated rings. The van der Waals surface area contributed by atoms with Crippen LogP contribution in [0.25, 0.3) is 10.9 Å². The van der Waals surface area contributed by atoms with Crippen molar-refractivity contribution in [2.24, 2.45) is 0 Å². The molecule has 3 rings (SSSR count). The lowest BCUT2D eigenvalue weighted by molar-refractivity contribution is 0.262. The summed E-state index contributed by atoms with van der Waals surface area (Å²) in [7, 11) is 0. The summed E-state index contributed by atoms with van der Waals surface area (Å²) in [6.45, 7) is -0.0184. The molecule has 0 aliphatic rings. The molecule has 0 saturated heterocycles. The molecule has 0 spiro atoms. The van der Waals surface area contributed by atoms with Gasteiger partial charge in [-0.1, -0.05) is 30.3 Å². The minimum Gasteiger partial charge on any atom is -0.392 e. The smallest absolute Gasteiger partial charge is 0.323 e. The van der Waals surface area contributed by atoms with Crippen molar-refractivity contribution in [2.75, 3.05) is 10.6 Å². The van der Waals surface area contributed by atoms with Crippen molar-refractivity contribution in [1.82, 2.24) is 4.98 Å². The highest BCUT2D eigenvalue weighted by Gasteiger charge is 2.06. The molecule has 0 aliphatic carbocycles. The number of aliphatic hydroxyl groups excluding tert-OH is 1. The highest BCUT2D eigenvalue weighted by atomic mass is 35.5. The Morgan fingerprint density at radius 2 is 1.74 bits per heavy atom. The van der Waals surface area contributed by atoms with Crippen LogP contribution in [0.15, 0.2) is 60.8 Å². The number of halogens is 1. The second-order valence-corrected chi connectivity index (χ2v) is 4.81. The number of benzene rings is 2. The number of anilines is 2. The maximum Gasteiger partial charge on any atom is 0.323 e. The standard InChI is InChI=1S/C17H15N3O2.ClH/c21-11-12-5-7-13(8-6-12)19-17(22)20-16-9-10-18-15-4-2-1-3-14(15)16;/h1-10,21H,11H2,(H2,18,19,20,22);1H. The van der Waals surface area contributed by atoms with Gasteiger partial charge in [-0.3, -0.25) is 4.98 Å². The number of aliphatic hydroxyl groups is 1. The van der Waals surface area contributed by atoms with Gasteiger partial charge in [0.05, 0.1) is 17.8 Å². The summed E-state index contributed by atoms with van der Waals surface area (Å²) in [5, 5.41) is 15.5. The first kappa shape index (κ1) is 16.7. The van der Waals surface area contributed by atoms with Gasteiger partial charge in [0.2, 0.25) is 0 Å². The van der Waals surface area contributed by atoms with Crippen molar-refractivity contribution >= 4 is 40.7 Å². The van der Waals surface area contributed by atoms with Crippen molar-refractivity contribution in [1.29, 1.82) is 0 Å². The number of hydrogen-bond acceptors (Lipinski definition) is 3. The topological polar surface area (TPSA) is 74.2 Å². The first-order chi connectivity index (χ1) is 10.8. The molecule has 5 nitrogen and oxygen atoms in total. The van der Waals surface area contributed by atoms with Gasteiger partial charge in [0.25, 0.3) is 0 Å². The first-order valence-corrected chi connectivity index (χ1v) is 6.88. The van der Waals surface area contributed by atoms with Crippen LogP contribution in [0.5, 0.6) is 0 Å². The fourth-order valence-corrected chi connectivity index (χ4v) is 2.18. The van der Waals surface area contributed by atoms with Crippen molar-refractivity contribution in [3.8, 4) is 0 Å². The van der Waals surface area contributed by atoms with Gasteiger partial charge in [-0.2, -0.15) is 0 Å². The van der Waals surface area contributed by atoms with Gasteiger partial charge in [-0.15, -0.1) is 12.4 Å². The van der Waals surface area contributed by atoms with Crippen LogP contribution in [-0.2, 0) is 6.61 Å². The molecule has 118 valence electrons. The van der Waals surface area contributed by atoms with E-state index < -0.39 is 0 Å². The third-order valence-electron chi connectivity index (χ3n) is 3.29. The first-order valence-electron chi connectivity index (χ1n) is 6.88. The van der Waals surface area contributed by atoms with E-state index in [9.17, 15) is 4.79 Å². The zero-order valence-corrected chi connectivity index (χ0v) is 13.0. The Labute approximate surface area is 139 Å². The number of carbonyl (C=O) groups is 1. The third-order valence-corrected chi connectivity index (χ3v) is 3.29. The van der Waals surface area contributed by atoms with Crippen molar-refractivity contribution in [3.63, 3.8) is 0 Å². The second-order valence-electron chi connectivity index (χ2n) is 4.81. The average molecular weight is 330 g/mol. The summed E-state index contributed by atoms with van der Waals surface area (Å²) in [5.41, 5.74) is 2.99. The molecule has 1 aromatic heterocycles. The Bertz CT molecular complexity index is 801. The van der Waals surface area contributed by atoms with Crippen molar-refractivity contribution in [3.05, 3.63) is 66.4 Å². The van der Waals surface area contributed by atoms with Gasteiger partial charge in [0.15, 0.2) is 0 Å². The number of carbonyl (C=O) groups excluding carboxylic acids is 1. The van der Waals surface area contributed by atoms with E-state index in [2.05, 4.69) is 15.6 Å². The lowest BCUT2D eigenvalue weighted by Gasteiger charge is -2.10. The highest BCUT2D eigenvalue weighted by molar-refractivity contribution is 6.05. The summed E-state index contributed by atoms with van der Waals surface area (Å²) < 4.78 is 0. The van der Waals surface area contributed by atoms with Crippen LogP contribution < -0.4 is 10.6 Å². The van der Waals surface area contributed by atoms with E-state index >= 15 is 0 Å². The van der Waals surface area contributed by atoms with Gasteiger partial charge < -0.3 is 15.7 Å². The molecule has 2 aromatic carbocycles. The molecule has 0 radical (unpaired) electrons. The predicted molar refractivity (Wildman–Crippen MR) is 94.0 cm³/mol. The number of fused-ring (bicyclic) bond motifs is 1. The Hall–Kier alpha value is -2.63. The van der Waals surface area contributed by atoms with Crippen LogP contribution in [0.4, 0.5) is 16.2 Å². The number of hydrogen-bond donors (Lipinski definition) is 3. The summed E-state index contributed by atoms with van der Waals surface area (Å²) >= 11 is 0. The normalized spacial score (nSPS) is 9.96. The highest BCUT2D eigenvalue weighted by Crippen LogP contribution is 2.21. The molecule has 23 heavy (non-hydrogen) atoms. The Kier molecular flexibility index (Phi) is 5.51. The van der Waals surface area contributed by atoms with Gasteiger partial charge in [0, 0.05) is 17.3 Å². The summed E-state index contributed by atoms with van der Waals surface area (Å²) in [4.78, 5) is 16.3. The molecule has 3 N–H and O–H groups in total. The Balaban J connectivity index is 0.00000192. The van der Waals surface area contributed by atoms with E-state index in [1.54, 1.807) is 36.5 Å². The molecule has 0 unspecified atom stereocenters. The predicted octanol–water partition coefficient (Wildman–Crippen LogP) is 3.79. The molecular formula is C17H16ClN3O2. The van der Waals surface area contributed by atoms with Crippen LogP contribution in [-0.4, -0.2) is 16.1 Å². The molecule has 6 heteroatoms. The number of rotatable bonds is 3. The molecule has 1 heterocycles. The van der Waals surface area contributed by atoms with Gasteiger partial charge in [0.1, 0.15) is 0 Å². The van der Waals surface area contributed by atoms with E-state index in [0.29, 0.717) is 11.4 Å². The molecular weight excluding hydrogens is 314 g/mol. The van der Waals surface area contributed by atoms with Crippen molar-refractivity contribution < 1.29 is 9.90 Å². The minimum atomic E-state index is -0.326. The number of nitrogens with zero attached hydrogens (tertiary/aromatic N) is 1. The largest absolute Gasteiger partial charge is 0.392 e. The van der Waals surface area contributed by atoms with Crippen LogP contribution in [0.1, 0.15) is 5.56 Å². The quantitative estimate of drug-likeness (QED) is 0.684. The van der Waals surface area contributed by atoms with Gasteiger partial charge in [-0.05, 0) is 29.8 Å². The second kappa shape index (κ2) is 7.58. The molecule has 0 aliphatic heterocycles. The Morgan fingerprint density at radius 3 is 2.48 bits per heavy atom. The van der Waals surface area contributed by atoms with E-state index in [0.717, 1.165) is 16.5 Å². The van der Waals surface area contributed by atoms with Gasteiger partial charge >= 0.3 is 6.03 Å². The summed E-state index contributed by atoms with van der Waals surface area (Å²) in [6.07, 6.45) is 1.66. The number of urea groups is 1. The van der Waals surface area contributed by atoms with E-state index in [4.69, 9.17) is 5.11 Å². The molecule has 0 saturated carbocycles. The Morgan fingerprint density at radius 1 is 1.00 bits per heavy atom. The van der Waals surface area contributed by atoms with Crippen LogP contribution in [0.3, 0.4) is 0 Å². The number of nitrogens with one attached hydrogen (secondary N) is 2. The van der Waals surface area contributed by atoms with Crippen LogP contribution >= 0.6 is 12.4 Å². The molecule has 0 atom stereocenters. The zero-order chi connectivity index (χ0) is 15.4. The van der Waals surface area contributed by atoms with Gasteiger partial charge in [-0.25, -0.2) is 4.79 Å². The summed E-state index contributed by atoms with van der Waals surface area (Å²) in [6, 6.07) is 16.1. The maximum absolute atomic E-state index is 12.1. The number of aromatic nitrogens is 1. The average Bonchev–Trinajstić information content (AvgIpc) is 2.56. The number of pyridine rings is 1. The third kappa shape index (κ3) is 3.97. The molecule has 0 bridgehead atoms. The molecule has 2 amide bonds. The monoisotopic (exact) mass is 329 g/mol. The summed E-state index contributed by atoms with van der Waals surface area (Å²) in [5.74, 6) is 0. The van der Waals surface area contributed by atoms with Crippen LogP contribution in [0.2, 0.25) is 0 Å². The van der Waals surface area contributed by atoms with E-state index in [1.807, 2.05) is 24.3 Å². The fraction of sp³-hybridized carbons (Fsp3) is 0.0588. The lowest BCUT2D eigenvalue weighted by Crippen LogP contribution is -2.19. The fourth-order valence-electron chi connectivity index (χ4n) is 2.18. The van der Waals surface area contributed by atoms with Crippen molar-refractivity contribution in [2.45, 2.75) is 6.61 Å². The zero-order valence-electron chi connectivity index (χ0n) is 12.2.